The lowest BCUT2D eigenvalue weighted by Crippen LogP contribution is -2.54. The summed E-state index contributed by atoms with van der Waals surface area (Å²) in [5.74, 6) is -0.147. The zero-order chi connectivity index (χ0) is 32.0. The molecule has 0 bridgehead atoms. The number of morpholine rings is 1. The van der Waals surface area contributed by atoms with Crippen LogP contribution in [0.2, 0.25) is 0 Å². The number of nitrogens with zero attached hydrogens (tertiary/aromatic N) is 2. The molecule has 2 aliphatic rings. The number of carbonyl (C=O) groups excluding carboxylic acids is 2. The van der Waals surface area contributed by atoms with E-state index in [9.17, 15) is 19.8 Å². The highest BCUT2D eigenvalue weighted by molar-refractivity contribution is 7.98. The summed E-state index contributed by atoms with van der Waals surface area (Å²) in [6, 6.07) is 6.07. The molecule has 2 heterocycles. The van der Waals surface area contributed by atoms with Crippen LogP contribution in [0.15, 0.2) is 36.9 Å². The summed E-state index contributed by atoms with van der Waals surface area (Å²) in [5, 5.41) is 31.9. The fraction of sp³-hybridized carbons (Fsp3) is 0.667. The van der Waals surface area contributed by atoms with E-state index >= 15 is 0 Å². The molecule has 1 aliphatic carbocycles. The van der Waals surface area contributed by atoms with Gasteiger partial charge in [0.2, 0.25) is 5.91 Å². The van der Waals surface area contributed by atoms with Gasteiger partial charge in [-0.2, -0.15) is 11.8 Å². The topological polar surface area (TPSA) is 152 Å². The quantitative estimate of drug-likeness (QED) is 0.106. The Hall–Kier alpha value is -2.48. The number of rotatable bonds is 18. The van der Waals surface area contributed by atoms with Crippen molar-refractivity contribution in [3.63, 3.8) is 0 Å². The van der Waals surface area contributed by atoms with Crippen LogP contribution in [0, 0.1) is 11.8 Å². The molecule has 1 saturated heterocycles. The Kier molecular flexibility index (Phi) is 14.6. The predicted octanol–water partition coefficient (Wildman–Crippen LogP) is 2.66. The maximum atomic E-state index is 13.7. The van der Waals surface area contributed by atoms with Gasteiger partial charge in [0.15, 0.2) is 5.82 Å². The number of allylic oxidation sites excluding steroid dienone is 1. The van der Waals surface area contributed by atoms with Crippen molar-refractivity contribution in [3.05, 3.63) is 42.7 Å². The molecule has 2 amide bonds. The molecule has 1 aromatic carbocycles. The number of hydrogen-bond donors (Lipinski definition) is 6. The van der Waals surface area contributed by atoms with Gasteiger partial charge in [-0.1, -0.05) is 50.3 Å². The minimum atomic E-state index is -0.877. The van der Waals surface area contributed by atoms with Gasteiger partial charge in [-0.3, -0.25) is 19.8 Å². The Bertz CT molecular complexity index is 1170. The summed E-state index contributed by atoms with van der Waals surface area (Å²) in [5.41, 5.74) is 1.42. The number of fused-ring (bicyclic) bond motifs is 1. The Morgan fingerprint density at radius 2 is 1.93 bits per heavy atom. The number of amides is 2. The first kappa shape index (κ1) is 35.4. The summed E-state index contributed by atoms with van der Waals surface area (Å²) < 4.78 is 5.42. The van der Waals surface area contributed by atoms with Gasteiger partial charge in [0.25, 0.3) is 5.91 Å². The largest absolute Gasteiger partial charge is 0.391 e. The van der Waals surface area contributed by atoms with E-state index in [1.807, 2.05) is 30.5 Å². The average molecular weight is 645 g/mol. The highest BCUT2D eigenvalue weighted by Crippen LogP contribution is 2.29. The third-order valence-corrected chi connectivity index (χ3v) is 9.68. The standard InChI is InChI=1S/C33H52N6O5S/c1-3-9-24(31(41)34-14-15-39-16-18-44-19-17-39)21-29(40)27(20-23-10-5-4-6-11-23)37-32(42)28(22-45-2)38-33(43)30-35-25-12-7-8-13-26(25)36-30/h3,7-8,12-13,23-24,27-29,31,34,40-41H,1,4-6,9-11,14-22H2,2H3,(H,35,36)(H,37,42)(H,38,43)/t24?,27-,28-,29+,31+/m0/s1. The predicted molar refractivity (Wildman–Crippen MR) is 179 cm³/mol. The van der Waals surface area contributed by atoms with Gasteiger partial charge < -0.3 is 30.6 Å². The van der Waals surface area contributed by atoms with Crippen molar-refractivity contribution in [1.29, 1.82) is 0 Å². The average Bonchev–Trinajstić information content (AvgIpc) is 3.50. The number of aromatic nitrogens is 2. The third kappa shape index (κ3) is 11.1. The van der Waals surface area contributed by atoms with Crippen molar-refractivity contribution in [1.82, 2.24) is 30.8 Å². The molecule has 11 nitrogen and oxygen atoms in total. The van der Waals surface area contributed by atoms with Gasteiger partial charge >= 0.3 is 0 Å². The number of thioether (sulfide) groups is 1. The van der Waals surface area contributed by atoms with Crippen molar-refractivity contribution in [3.8, 4) is 0 Å². The number of para-hydroxylation sites is 2. The highest BCUT2D eigenvalue weighted by atomic mass is 32.2. The van der Waals surface area contributed by atoms with Crippen LogP contribution in [-0.4, -0.2) is 113 Å². The van der Waals surface area contributed by atoms with Crippen LogP contribution in [0.5, 0.6) is 0 Å². The number of aliphatic hydroxyl groups is 2. The normalized spacial score (nSPS) is 19.8. The first-order valence-electron chi connectivity index (χ1n) is 16.4. The van der Waals surface area contributed by atoms with Gasteiger partial charge in [-0.25, -0.2) is 4.98 Å². The zero-order valence-corrected chi connectivity index (χ0v) is 27.4. The van der Waals surface area contributed by atoms with Crippen LogP contribution < -0.4 is 16.0 Å². The van der Waals surface area contributed by atoms with E-state index in [-0.39, 0.29) is 17.6 Å². The summed E-state index contributed by atoms with van der Waals surface area (Å²) in [7, 11) is 0. The van der Waals surface area contributed by atoms with Crippen LogP contribution >= 0.6 is 11.8 Å². The van der Waals surface area contributed by atoms with Gasteiger partial charge in [-0.05, 0) is 43.6 Å². The molecule has 12 heteroatoms. The maximum absolute atomic E-state index is 13.7. The Labute approximate surface area is 271 Å². The number of carbonyl (C=O) groups is 2. The Balaban J connectivity index is 1.40. The van der Waals surface area contributed by atoms with Crippen molar-refractivity contribution >= 4 is 34.6 Å². The summed E-state index contributed by atoms with van der Waals surface area (Å²) in [6.45, 7) is 8.52. The molecule has 6 N–H and O–H groups in total. The second-order valence-electron chi connectivity index (χ2n) is 12.4. The van der Waals surface area contributed by atoms with Crippen LogP contribution in [0.25, 0.3) is 11.0 Å². The number of imidazole rings is 1. The number of H-pyrrole nitrogens is 1. The molecule has 0 radical (unpaired) electrons. The highest BCUT2D eigenvalue weighted by Gasteiger charge is 2.32. The SMILES string of the molecule is C=CCC(C[C@@H](O)[C@H](CC1CCCCC1)NC(=O)[C@H](CSC)NC(=O)c1nc2ccccc2[nH]1)[C@@H](O)NCCN1CCOCC1. The Morgan fingerprint density at radius 1 is 1.18 bits per heavy atom. The lowest BCUT2D eigenvalue weighted by Gasteiger charge is -2.34. The van der Waals surface area contributed by atoms with E-state index in [2.05, 4.69) is 37.4 Å². The monoisotopic (exact) mass is 644 g/mol. The molecule has 1 aliphatic heterocycles. The molecule has 5 atom stereocenters. The van der Waals surface area contributed by atoms with Crippen LogP contribution in [0.1, 0.15) is 62.0 Å². The molecule has 250 valence electrons. The summed E-state index contributed by atoms with van der Waals surface area (Å²) >= 11 is 1.46. The third-order valence-electron chi connectivity index (χ3n) is 9.01. The van der Waals surface area contributed by atoms with Crippen LogP contribution in [0.4, 0.5) is 0 Å². The number of hydrogen-bond acceptors (Lipinski definition) is 9. The van der Waals surface area contributed by atoms with E-state index in [1.54, 1.807) is 6.08 Å². The molecule has 0 spiro atoms. The van der Waals surface area contributed by atoms with E-state index in [1.165, 1.54) is 18.2 Å². The van der Waals surface area contributed by atoms with E-state index in [0.717, 1.165) is 64.0 Å². The zero-order valence-electron chi connectivity index (χ0n) is 26.6. The molecule has 2 aromatic rings. The molecule has 2 fully saturated rings. The second kappa shape index (κ2) is 18.6. The van der Waals surface area contributed by atoms with Crippen LogP contribution in [0.3, 0.4) is 0 Å². The van der Waals surface area contributed by atoms with Gasteiger partial charge in [-0.15, -0.1) is 6.58 Å². The van der Waals surface area contributed by atoms with Crippen molar-refractivity contribution < 1.29 is 24.5 Å². The second-order valence-corrected chi connectivity index (χ2v) is 13.3. The summed E-state index contributed by atoms with van der Waals surface area (Å²) in [6.07, 6.45) is 9.07. The molecule has 1 aromatic heterocycles. The molecule has 1 saturated carbocycles. The van der Waals surface area contributed by atoms with E-state index in [0.29, 0.717) is 43.0 Å². The van der Waals surface area contributed by atoms with Crippen molar-refractivity contribution in [2.45, 2.75) is 75.8 Å². The first-order valence-corrected chi connectivity index (χ1v) is 17.8. The first-order chi connectivity index (χ1) is 21.9. The van der Waals surface area contributed by atoms with Gasteiger partial charge in [0.1, 0.15) is 12.3 Å². The maximum Gasteiger partial charge on any atom is 0.287 e. The minimum absolute atomic E-state index is 0.149. The molecular formula is C33H52N6O5S. The molecular weight excluding hydrogens is 592 g/mol. The number of ether oxygens (including phenoxy) is 1. The molecule has 4 rings (SSSR count). The fourth-order valence-electron chi connectivity index (χ4n) is 6.42. The lowest BCUT2D eigenvalue weighted by molar-refractivity contribution is -0.124. The lowest BCUT2D eigenvalue weighted by atomic mass is 9.82. The fourth-order valence-corrected chi connectivity index (χ4v) is 6.99. The van der Waals surface area contributed by atoms with Gasteiger partial charge in [0, 0.05) is 37.8 Å². The number of aliphatic hydroxyl groups excluding tert-OH is 2. The Morgan fingerprint density at radius 3 is 2.64 bits per heavy atom. The van der Waals surface area contributed by atoms with E-state index in [4.69, 9.17) is 4.74 Å². The van der Waals surface area contributed by atoms with Gasteiger partial charge in [0.05, 0.1) is 36.4 Å². The number of nitrogens with one attached hydrogen (secondary N) is 4. The van der Waals surface area contributed by atoms with Crippen LogP contribution in [-0.2, 0) is 9.53 Å². The van der Waals surface area contributed by atoms with Crippen molar-refractivity contribution in [2.24, 2.45) is 11.8 Å². The summed E-state index contributed by atoms with van der Waals surface area (Å²) in [4.78, 5) is 36.5. The smallest absolute Gasteiger partial charge is 0.287 e. The molecule has 45 heavy (non-hydrogen) atoms. The van der Waals surface area contributed by atoms with Crippen molar-refractivity contribution in [2.75, 3.05) is 51.4 Å². The number of aromatic amines is 1. The number of benzene rings is 1. The minimum Gasteiger partial charge on any atom is -0.391 e. The molecule has 1 unspecified atom stereocenters. The van der Waals surface area contributed by atoms with E-state index < -0.39 is 30.3 Å².